The molecule has 0 radical (unpaired) electrons. The monoisotopic (exact) mass is 724 g/mol. The summed E-state index contributed by atoms with van der Waals surface area (Å²) in [5.41, 5.74) is -0.148. The second-order valence-corrected chi connectivity index (χ2v) is 12.5. The summed E-state index contributed by atoms with van der Waals surface area (Å²) in [6.45, 7) is 0.420. The van der Waals surface area contributed by atoms with Crippen molar-refractivity contribution in [2.45, 2.75) is 92.9 Å². The Bertz CT molecular complexity index is 1700. The summed E-state index contributed by atoms with van der Waals surface area (Å²) in [5.74, 6) is 0.0173. The average molecular weight is 725 g/mol. The predicted octanol–water partition coefficient (Wildman–Crippen LogP) is -2.33. The second kappa shape index (κ2) is 15.2. The highest BCUT2D eigenvalue weighted by atomic mass is 16.8. The molecule has 1 aromatic heterocycles. The summed E-state index contributed by atoms with van der Waals surface area (Å²) in [6.07, 6.45) is -22.1. The summed E-state index contributed by atoms with van der Waals surface area (Å²) in [7, 11) is 1.50. The van der Waals surface area contributed by atoms with Crippen LogP contribution in [0.1, 0.15) is 6.92 Å². The van der Waals surface area contributed by atoms with Crippen LogP contribution in [0.4, 0.5) is 0 Å². The highest BCUT2D eigenvalue weighted by molar-refractivity contribution is 5.86. The van der Waals surface area contributed by atoms with Crippen LogP contribution in [0.3, 0.4) is 0 Å². The van der Waals surface area contributed by atoms with Gasteiger partial charge in [0.1, 0.15) is 88.9 Å². The number of phenolic OH excluding ortho intramolecular Hbond substituents is 1. The first-order valence-electron chi connectivity index (χ1n) is 16.0. The Hall–Kier alpha value is -3.47. The van der Waals surface area contributed by atoms with E-state index in [9.17, 15) is 50.8 Å². The topological polar surface area (TPSA) is 277 Å². The van der Waals surface area contributed by atoms with Crippen LogP contribution in [-0.4, -0.2) is 152 Å². The molecular formula is C33H40O18. The first-order valence-corrected chi connectivity index (χ1v) is 16.0. The summed E-state index contributed by atoms with van der Waals surface area (Å²) >= 11 is 0. The van der Waals surface area contributed by atoms with Crippen LogP contribution in [0, 0.1) is 0 Å². The maximum absolute atomic E-state index is 13.0. The van der Waals surface area contributed by atoms with E-state index in [0.29, 0.717) is 11.3 Å². The van der Waals surface area contributed by atoms with Crippen LogP contribution in [0.2, 0.25) is 0 Å². The molecule has 14 atom stereocenters. The molecule has 0 bridgehead atoms. The van der Waals surface area contributed by atoms with Crippen molar-refractivity contribution in [3.05, 3.63) is 52.7 Å². The molecule has 18 heteroatoms. The molecule has 6 rings (SSSR count). The Morgan fingerprint density at radius 2 is 1.47 bits per heavy atom. The van der Waals surface area contributed by atoms with Crippen molar-refractivity contribution in [3.8, 4) is 28.6 Å². The number of hydrogen-bond donors (Lipinski definition) is 9. The quantitative estimate of drug-likeness (QED) is 0.112. The average Bonchev–Trinajstić information content (AvgIpc) is 3.11. The minimum absolute atomic E-state index is 0.0986. The van der Waals surface area contributed by atoms with Gasteiger partial charge in [0.25, 0.3) is 0 Å². The molecule has 0 spiro atoms. The molecule has 3 aromatic rings. The van der Waals surface area contributed by atoms with Gasteiger partial charge in [0.05, 0.1) is 26.4 Å². The van der Waals surface area contributed by atoms with Crippen LogP contribution in [0.15, 0.2) is 51.7 Å². The molecule has 3 aliphatic heterocycles. The van der Waals surface area contributed by atoms with E-state index in [2.05, 4.69) is 0 Å². The van der Waals surface area contributed by atoms with Crippen LogP contribution in [0.5, 0.6) is 17.2 Å². The highest BCUT2D eigenvalue weighted by Crippen LogP contribution is 2.35. The minimum atomic E-state index is -1.87. The van der Waals surface area contributed by atoms with Gasteiger partial charge in [0, 0.05) is 23.8 Å². The lowest BCUT2D eigenvalue weighted by atomic mass is 9.98. The van der Waals surface area contributed by atoms with Gasteiger partial charge in [0.2, 0.25) is 6.29 Å². The summed E-state index contributed by atoms with van der Waals surface area (Å²) in [6, 6.07) is 10.2. The third-order valence-electron chi connectivity index (χ3n) is 9.03. The number of rotatable bonds is 9. The molecule has 51 heavy (non-hydrogen) atoms. The summed E-state index contributed by atoms with van der Waals surface area (Å²) < 4.78 is 45.1. The van der Waals surface area contributed by atoms with Crippen molar-refractivity contribution >= 4 is 11.0 Å². The van der Waals surface area contributed by atoms with Crippen LogP contribution in [0.25, 0.3) is 22.3 Å². The third kappa shape index (κ3) is 7.55. The minimum Gasteiger partial charge on any atom is -0.507 e. The first kappa shape index (κ1) is 37.3. The summed E-state index contributed by atoms with van der Waals surface area (Å²) in [4.78, 5) is 13.0. The van der Waals surface area contributed by atoms with Gasteiger partial charge in [-0.3, -0.25) is 4.79 Å². The van der Waals surface area contributed by atoms with Crippen molar-refractivity contribution in [1.29, 1.82) is 0 Å². The maximum Gasteiger partial charge on any atom is 0.229 e. The van der Waals surface area contributed by atoms with Gasteiger partial charge in [-0.2, -0.15) is 0 Å². The molecule has 280 valence electrons. The Morgan fingerprint density at radius 1 is 0.765 bits per heavy atom. The molecule has 0 aliphatic carbocycles. The van der Waals surface area contributed by atoms with Gasteiger partial charge in [0.15, 0.2) is 24.1 Å². The molecule has 18 nitrogen and oxygen atoms in total. The maximum atomic E-state index is 13.0. The lowest BCUT2D eigenvalue weighted by molar-refractivity contribution is -0.352. The van der Waals surface area contributed by atoms with Gasteiger partial charge in [-0.1, -0.05) is 0 Å². The van der Waals surface area contributed by atoms with Gasteiger partial charge in [-0.05, 0) is 31.2 Å². The molecule has 9 N–H and O–H groups in total. The van der Waals surface area contributed by atoms with Crippen molar-refractivity contribution in [1.82, 2.24) is 0 Å². The number of benzene rings is 2. The van der Waals surface area contributed by atoms with Crippen molar-refractivity contribution < 1.29 is 83.5 Å². The molecule has 4 heterocycles. The molecule has 0 saturated carbocycles. The van der Waals surface area contributed by atoms with Crippen LogP contribution in [-0.2, 0) is 23.7 Å². The van der Waals surface area contributed by atoms with Gasteiger partial charge in [-0.25, -0.2) is 0 Å². The normalized spacial score (nSPS) is 37.3. The highest BCUT2D eigenvalue weighted by Gasteiger charge is 2.51. The zero-order chi connectivity index (χ0) is 36.7. The van der Waals surface area contributed by atoms with Crippen molar-refractivity contribution in [2.75, 3.05) is 20.3 Å². The molecular weight excluding hydrogens is 684 g/mol. The molecule has 0 amide bonds. The molecule has 3 fully saturated rings. The zero-order valence-electron chi connectivity index (χ0n) is 27.2. The van der Waals surface area contributed by atoms with E-state index in [1.807, 2.05) is 0 Å². The lowest BCUT2D eigenvalue weighted by Gasteiger charge is -2.45. The van der Waals surface area contributed by atoms with Crippen LogP contribution >= 0.6 is 0 Å². The van der Waals surface area contributed by atoms with Gasteiger partial charge >= 0.3 is 0 Å². The number of methoxy groups -OCH3 is 1. The zero-order valence-corrected chi connectivity index (χ0v) is 27.2. The van der Waals surface area contributed by atoms with Crippen molar-refractivity contribution in [3.63, 3.8) is 0 Å². The van der Waals surface area contributed by atoms with E-state index >= 15 is 0 Å². The number of ether oxygens (including phenoxy) is 7. The summed E-state index contributed by atoms with van der Waals surface area (Å²) in [5, 5.41) is 94.0. The fraction of sp³-hybridized carbons (Fsp3) is 0.545. The Morgan fingerprint density at radius 3 is 2.18 bits per heavy atom. The molecule has 3 saturated heterocycles. The Labute approximate surface area is 289 Å². The number of phenols is 1. The number of hydrogen-bond acceptors (Lipinski definition) is 18. The smallest absolute Gasteiger partial charge is 0.229 e. The SMILES string of the molecule is COc1ccc(-c2cc(=O)c3c(O)cc(O[C@@H]4O[C@H](CO[C@@H]5O[C@@H](C)[C@H](O)[C@@H](O)[C@H]5O)[C@@H](O)[C@H](O)[C@H]4O[C@@H]4OC[C@@H](O)[C@H](O)[C@H]4O)cc3o2)cc1. The van der Waals surface area contributed by atoms with E-state index < -0.39 is 110 Å². The standard InChI is InChI=1S/C33H40O18/c1-12-23(37)26(40)29(43)31(47-12)46-11-21-25(39)27(41)30(51-32-28(42)24(38)18(36)10-45-32)33(50-21)48-15-7-16(34)22-17(35)9-19(49-20(22)8-15)13-3-5-14(44-2)6-4-13/h3-9,12,18,21,23-34,36-43H,10-11H2,1-2H3/t12-,18+,21+,23-,24-,25+,26+,27-,28+,29+,30+,31+,32-,33+/m0/s1. The largest absolute Gasteiger partial charge is 0.507 e. The third-order valence-corrected chi connectivity index (χ3v) is 9.03. The fourth-order valence-electron chi connectivity index (χ4n) is 6.02. The van der Waals surface area contributed by atoms with E-state index in [4.69, 9.17) is 37.6 Å². The van der Waals surface area contributed by atoms with E-state index in [1.54, 1.807) is 24.3 Å². The molecule has 0 unspecified atom stereocenters. The second-order valence-electron chi connectivity index (χ2n) is 12.5. The molecule has 2 aromatic carbocycles. The lowest BCUT2D eigenvalue weighted by Crippen LogP contribution is -2.64. The number of aliphatic hydroxyl groups excluding tert-OH is 8. The number of fused-ring (bicyclic) bond motifs is 1. The fourth-order valence-corrected chi connectivity index (χ4v) is 6.02. The Balaban J connectivity index is 1.29. The van der Waals surface area contributed by atoms with Gasteiger partial charge < -0.3 is 83.5 Å². The van der Waals surface area contributed by atoms with E-state index in [0.717, 1.165) is 6.07 Å². The molecule has 3 aliphatic rings. The van der Waals surface area contributed by atoms with Crippen LogP contribution < -0.4 is 14.9 Å². The first-order chi connectivity index (χ1) is 24.3. The van der Waals surface area contributed by atoms with E-state index in [-0.39, 0.29) is 22.5 Å². The van der Waals surface area contributed by atoms with E-state index in [1.165, 1.54) is 26.2 Å². The Kier molecular flexibility index (Phi) is 11.2. The number of aromatic hydroxyl groups is 1. The van der Waals surface area contributed by atoms with Gasteiger partial charge in [-0.15, -0.1) is 0 Å². The predicted molar refractivity (Wildman–Crippen MR) is 168 cm³/mol. The number of aliphatic hydroxyl groups is 8. The van der Waals surface area contributed by atoms with Crippen molar-refractivity contribution in [2.24, 2.45) is 0 Å².